The SMILES string of the molecule is N#Cc1cccc(NC(=O)c2ccccc2C(=O)O)c1F. The molecule has 0 fully saturated rings. The Kier molecular flexibility index (Phi) is 3.95. The summed E-state index contributed by atoms with van der Waals surface area (Å²) in [6, 6.07) is 11.2. The first kappa shape index (κ1) is 14.2. The molecule has 0 spiro atoms. The maximum absolute atomic E-state index is 13.9. The lowest BCUT2D eigenvalue weighted by molar-refractivity contribution is 0.0692. The molecule has 5 nitrogen and oxygen atoms in total. The quantitative estimate of drug-likeness (QED) is 0.906. The molecule has 2 aromatic rings. The third-order valence-corrected chi connectivity index (χ3v) is 2.77. The molecule has 1 amide bonds. The van der Waals surface area contributed by atoms with E-state index in [4.69, 9.17) is 10.4 Å². The Balaban J connectivity index is 2.36. The van der Waals surface area contributed by atoms with Crippen molar-refractivity contribution in [3.8, 4) is 6.07 Å². The van der Waals surface area contributed by atoms with E-state index in [1.807, 2.05) is 0 Å². The number of nitrogens with one attached hydrogen (secondary N) is 1. The van der Waals surface area contributed by atoms with E-state index >= 15 is 0 Å². The van der Waals surface area contributed by atoms with Gasteiger partial charge in [-0.15, -0.1) is 0 Å². The minimum Gasteiger partial charge on any atom is -0.478 e. The molecular weight excluding hydrogens is 275 g/mol. The molecule has 104 valence electrons. The second kappa shape index (κ2) is 5.84. The van der Waals surface area contributed by atoms with Crippen LogP contribution in [-0.2, 0) is 0 Å². The topological polar surface area (TPSA) is 90.2 Å². The molecule has 0 heterocycles. The first-order valence-electron chi connectivity index (χ1n) is 5.87. The van der Waals surface area contributed by atoms with E-state index in [0.29, 0.717) is 0 Å². The van der Waals surface area contributed by atoms with Crippen LogP contribution in [0.4, 0.5) is 10.1 Å². The lowest BCUT2D eigenvalue weighted by atomic mass is 10.1. The fourth-order valence-electron chi connectivity index (χ4n) is 1.77. The van der Waals surface area contributed by atoms with Crippen LogP contribution in [0, 0.1) is 17.1 Å². The molecule has 0 radical (unpaired) electrons. The molecule has 0 saturated heterocycles. The monoisotopic (exact) mass is 284 g/mol. The molecule has 0 saturated carbocycles. The van der Waals surface area contributed by atoms with Crippen molar-refractivity contribution >= 4 is 17.6 Å². The highest BCUT2D eigenvalue weighted by atomic mass is 19.1. The second-order valence-electron chi connectivity index (χ2n) is 4.08. The first-order chi connectivity index (χ1) is 10.0. The fraction of sp³-hybridized carbons (Fsp3) is 0. The number of nitrogens with zero attached hydrogens (tertiary/aromatic N) is 1. The van der Waals surface area contributed by atoms with Crippen LogP contribution in [0.15, 0.2) is 42.5 Å². The predicted octanol–water partition coefficient (Wildman–Crippen LogP) is 2.65. The zero-order valence-electron chi connectivity index (χ0n) is 10.6. The lowest BCUT2D eigenvalue weighted by Gasteiger charge is -2.09. The van der Waals surface area contributed by atoms with Gasteiger partial charge in [0, 0.05) is 0 Å². The third kappa shape index (κ3) is 2.87. The molecule has 2 aromatic carbocycles. The fourth-order valence-corrected chi connectivity index (χ4v) is 1.77. The van der Waals surface area contributed by atoms with Gasteiger partial charge in [-0.05, 0) is 24.3 Å². The highest BCUT2D eigenvalue weighted by molar-refractivity contribution is 6.10. The van der Waals surface area contributed by atoms with Crippen LogP contribution in [0.5, 0.6) is 0 Å². The zero-order valence-corrected chi connectivity index (χ0v) is 10.6. The Hall–Kier alpha value is -3.20. The molecule has 0 aliphatic carbocycles. The third-order valence-electron chi connectivity index (χ3n) is 2.77. The van der Waals surface area contributed by atoms with Crippen molar-refractivity contribution in [1.82, 2.24) is 0 Å². The van der Waals surface area contributed by atoms with Gasteiger partial charge >= 0.3 is 5.97 Å². The smallest absolute Gasteiger partial charge is 0.336 e. The molecule has 0 aromatic heterocycles. The van der Waals surface area contributed by atoms with Crippen LogP contribution in [-0.4, -0.2) is 17.0 Å². The molecule has 0 unspecified atom stereocenters. The predicted molar refractivity (Wildman–Crippen MR) is 72.5 cm³/mol. The number of rotatable bonds is 3. The van der Waals surface area contributed by atoms with E-state index in [1.165, 1.54) is 42.5 Å². The van der Waals surface area contributed by atoms with Gasteiger partial charge in [0.2, 0.25) is 0 Å². The minimum absolute atomic E-state index is 0.0910. The van der Waals surface area contributed by atoms with E-state index in [-0.39, 0.29) is 22.4 Å². The lowest BCUT2D eigenvalue weighted by Crippen LogP contribution is -2.17. The maximum Gasteiger partial charge on any atom is 0.336 e. The maximum atomic E-state index is 13.9. The van der Waals surface area contributed by atoms with Crippen molar-refractivity contribution in [2.75, 3.05) is 5.32 Å². The summed E-state index contributed by atoms with van der Waals surface area (Å²) in [5, 5.41) is 20.0. The Morgan fingerprint density at radius 2 is 1.76 bits per heavy atom. The van der Waals surface area contributed by atoms with Crippen molar-refractivity contribution in [3.05, 3.63) is 65.0 Å². The van der Waals surface area contributed by atoms with Crippen LogP contribution >= 0.6 is 0 Å². The van der Waals surface area contributed by atoms with Crippen molar-refractivity contribution in [2.45, 2.75) is 0 Å². The van der Waals surface area contributed by atoms with E-state index in [0.717, 1.165) is 0 Å². The standard InChI is InChI=1S/C15H9FN2O3/c16-13-9(8-17)4-3-7-12(13)18-14(19)10-5-1-2-6-11(10)15(20)21/h1-7H,(H,18,19)(H,20,21). The molecule has 0 atom stereocenters. The van der Waals surface area contributed by atoms with Gasteiger partial charge in [0.15, 0.2) is 5.82 Å². The largest absolute Gasteiger partial charge is 0.478 e. The molecule has 21 heavy (non-hydrogen) atoms. The van der Waals surface area contributed by atoms with Gasteiger partial charge in [0.05, 0.1) is 22.4 Å². The minimum atomic E-state index is -1.26. The van der Waals surface area contributed by atoms with Gasteiger partial charge in [-0.1, -0.05) is 18.2 Å². The summed E-state index contributed by atoms with van der Waals surface area (Å²) in [4.78, 5) is 23.1. The number of anilines is 1. The Morgan fingerprint density at radius 3 is 2.38 bits per heavy atom. The van der Waals surface area contributed by atoms with Crippen LogP contribution in [0.25, 0.3) is 0 Å². The summed E-state index contributed by atoms with van der Waals surface area (Å²) in [6.45, 7) is 0. The number of amides is 1. The number of carbonyl (C=O) groups is 2. The number of benzene rings is 2. The highest BCUT2D eigenvalue weighted by Gasteiger charge is 2.17. The van der Waals surface area contributed by atoms with E-state index in [1.54, 1.807) is 6.07 Å². The van der Waals surface area contributed by atoms with E-state index in [2.05, 4.69) is 5.32 Å². The zero-order chi connectivity index (χ0) is 15.4. The van der Waals surface area contributed by atoms with Crippen LogP contribution in [0.1, 0.15) is 26.3 Å². The Labute approximate surface area is 119 Å². The molecule has 0 aliphatic rings. The van der Waals surface area contributed by atoms with E-state index < -0.39 is 17.7 Å². The van der Waals surface area contributed by atoms with Gasteiger partial charge in [-0.25, -0.2) is 9.18 Å². The average Bonchev–Trinajstić information content (AvgIpc) is 2.49. The molecular formula is C15H9FN2O3. The summed E-state index contributed by atoms with van der Waals surface area (Å²) in [7, 11) is 0. The van der Waals surface area contributed by atoms with Gasteiger partial charge in [0.25, 0.3) is 5.91 Å². The van der Waals surface area contributed by atoms with Crippen molar-refractivity contribution in [3.63, 3.8) is 0 Å². The Morgan fingerprint density at radius 1 is 1.10 bits per heavy atom. The molecule has 2 rings (SSSR count). The average molecular weight is 284 g/mol. The first-order valence-corrected chi connectivity index (χ1v) is 5.87. The molecule has 6 heteroatoms. The number of hydrogen-bond donors (Lipinski definition) is 2. The summed E-state index contributed by atoms with van der Waals surface area (Å²) in [5.74, 6) is -2.88. The molecule has 0 aliphatic heterocycles. The van der Waals surface area contributed by atoms with Crippen molar-refractivity contribution in [2.24, 2.45) is 0 Å². The number of hydrogen-bond acceptors (Lipinski definition) is 3. The highest BCUT2D eigenvalue weighted by Crippen LogP contribution is 2.19. The number of aromatic carboxylic acids is 1. The van der Waals surface area contributed by atoms with Crippen LogP contribution in [0.2, 0.25) is 0 Å². The number of carbonyl (C=O) groups excluding carboxylic acids is 1. The summed E-state index contributed by atoms with van der Waals surface area (Å²) >= 11 is 0. The molecule has 0 bridgehead atoms. The summed E-state index contributed by atoms with van der Waals surface area (Å²) in [6.07, 6.45) is 0. The Bertz CT molecular complexity index is 766. The summed E-state index contributed by atoms with van der Waals surface area (Å²) in [5.41, 5.74) is -0.669. The van der Waals surface area contributed by atoms with Gasteiger partial charge in [0.1, 0.15) is 6.07 Å². The van der Waals surface area contributed by atoms with Gasteiger partial charge in [-0.3, -0.25) is 4.79 Å². The number of halogens is 1. The van der Waals surface area contributed by atoms with Gasteiger partial charge < -0.3 is 10.4 Å². The van der Waals surface area contributed by atoms with Crippen molar-refractivity contribution < 1.29 is 19.1 Å². The van der Waals surface area contributed by atoms with Crippen LogP contribution < -0.4 is 5.32 Å². The summed E-state index contributed by atoms with van der Waals surface area (Å²) < 4.78 is 13.9. The normalized spacial score (nSPS) is 9.71. The van der Waals surface area contributed by atoms with Crippen molar-refractivity contribution in [1.29, 1.82) is 5.26 Å². The number of carboxylic acid groups (broad SMARTS) is 1. The van der Waals surface area contributed by atoms with E-state index in [9.17, 15) is 14.0 Å². The van der Waals surface area contributed by atoms with Gasteiger partial charge in [-0.2, -0.15) is 5.26 Å². The number of nitriles is 1. The van der Waals surface area contributed by atoms with Crippen LogP contribution in [0.3, 0.4) is 0 Å². The number of carboxylic acids is 1. The molecule has 2 N–H and O–H groups in total. The second-order valence-corrected chi connectivity index (χ2v) is 4.08.